The molecule has 0 spiro atoms. The van der Waals surface area contributed by atoms with Crippen LogP contribution in [0.3, 0.4) is 0 Å². The fraction of sp³-hybridized carbons (Fsp3) is 0.474. The van der Waals surface area contributed by atoms with Crippen molar-refractivity contribution in [2.45, 2.75) is 32.2 Å². The summed E-state index contributed by atoms with van der Waals surface area (Å²) in [4.78, 5) is 49.8. The van der Waals surface area contributed by atoms with E-state index in [0.29, 0.717) is 43.2 Å². The van der Waals surface area contributed by atoms with Gasteiger partial charge >= 0.3 is 12.1 Å². The Labute approximate surface area is 167 Å². The number of urea groups is 2. The van der Waals surface area contributed by atoms with Crippen molar-refractivity contribution in [3.63, 3.8) is 0 Å². The molecule has 1 aromatic carbocycles. The largest absolute Gasteiger partial charge is 0.490 e. The number of nitrogens with zero attached hydrogens (tertiary/aromatic N) is 1. The van der Waals surface area contributed by atoms with E-state index in [9.17, 15) is 19.2 Å². The molecule has 0 saturated carbocycles. The molecule has 0 unspecified atom stereocenters. The quantitative estimate of drug-likeness (QED) is 0.625. The van der Waals surface area contributed by atoms with E-state index in [0.717, 1.165) is 11.3 Å². The number of amides is 6. The second-order valence-electron chi connectivity index (χ2n) is 6.96. The first-order chi connectivity index (χ1) is 13.8. The van der Waals surface area contributed by atoms with Gasteiger partial charge in [-0.25, -0.2) is 9.59 Å². The van der Waals surface area contributed by atoms with Crippen LogP contribution >= 0.6 is 0 Å². The van der Waals surface area contributed by atoms with Gasteiger partial charge < -0.3 is 20.1 Å². The van der Waals surface area contributed by atoms with Crippen LogP contribution < -0.4 is 25.4 Å². The summed E-state index contributed by atoms with van der Waals surface area (Å²) in [6.07, 6.45) is 1.45. The van der Waals surface area contributed by atoms with Gasteiger partial charge in [0.05, 0.1) is 13.2 Å². The number of rotatable bonds is 5. The molecule has 0 aliphatic carbocycles. The highest BCUT2D eigenvalue weighted by Crippen LogP contribution is 2.36. The number of hydrogen-bond acceptors (Lipinski definition) is 6. The van der Waals surface area contributed by atoms with E-state index in [-0.39, 0.29) is 0 Å². The van der Waals surface area contributed by atoms with Gasteiger partial charge in [-0.2, -0.15) is 0 Å². The lowest BCUT2D eigenvalue weighted by molar-refractivity contribution is -0.134. The second-order valence-corrected chi connectivity index (χ2v) is 6.96. The molecule has 0 bridgehead atoms. The zero-order chi connectivity index (χ0) is 21.0. The van der Waals surface area contributed by atoms with E-state index < -0.39 is 36.0 Å². The first-order valence-corrected chi connectivity index (χ1v) is 9.47. The second kappa shape index (κ2) is 8.38. The van der Waals surface area contributed by atoms with Gasteiger partial charge in [0, 0.05) is 13.0 Å². The maximum atomic E-state index is 13.0. The number of carbonyl (C=O) groups is 4. The third kappa shape index (κ3) is 4.25. The van der Waals surface area contributed by atoms with Gasteiger partial charge in [0.25, 0.3) is 5.91 Å². The van der Waals surface area contributed by atoms with Crippen molar-refractivity contribution < 1.29 is 28.7 Å². The van der Waals surface area contributed by atoms with Crippen LogP contribution in [0.4, 0.5) is 9.59 Å². The average Bonchev–Trinajstić information content (AvgIpc) is 2.86. The minimum atomic E-state index is -1.37. The Hall–Kier alpha value is -3.30. The highest BCUT2D eigenvalue weighted by atomic mass is 16.5. The molecule has 0 radical (unpaired) electrons. The van der Waals surface area contributed by atoms with Gasteiger partial charge in [0.15, 0.2) is 11.5 Å². The molecule has 29 heavy (non-hydrogen) atoms. The SMILES string of the molecule is CCCNC(=O)NC(=O)CN1C(=O)N[C@](C)(c2ccc3c(c2)OCCCO3)C1=O. The predicted molar refractivity (Wildman–Crippen MR) is 101 cm³/mol. The monoisotopic (exact) mass is 404 g/mol. The van der Waals surface area contributed by atoms with E-state index in [4.69, 9.17) is 9.47 Å². The third-order valence-electron chi connectivity index (χ3n) is 4.69. The summed E-state index contributed by atoms with van der Waals surface area (Å²) in [5, 5.41) is 7.21. The van der Waals surface area contributed by atoms with E-state index in [1.807, 2.05) is 6.92 Å². The molecule has 2 aliphatic rings. The topological polar surface area (TPSA) is 126 Å². The van der Waals surface area contributed by atoms with Gasteiger partial charge in [0.1, 0.15) is 12.1 Å². The average molecular weight is 404 g/mol. The molecule has 0 aromatic heterocycles. The minimum Gasteiger partial charge on any atom is -0.490 e. The number of ether oxygens (including phenoxy) is 2. The lowest BCUT2D eigenvalue weighted by Crippen LogP contribution is -2.47. The van der Waals surface area contributed by atoms with E-state index in [1.54, 1.807) is 25.1 Å². The Morgan fingerprint density at radius 3 is 2.66 bits per heavy atom. The molecule has 2 aliphatic heterocycles. The lowest BCUT2D eigenvalue weighted by atomic mass is 9.91. The smallest absolute Gasteiger partial charge is 0.325 e. The van der Waals surface area contributed by atoms with Crippen molar-refractivity contribution in [2.75, 3.05) is 26.3 Å². The molecule has 1 aromatic rings. The number of fused-ring (bicyclic) bond motifs is 1. The fourth-order valence-corrected chi connectivity index (χ4v) is 3.10. The molecular weight excluding hydrogens is 380 g/mol. The number of imide groups is 2. The summed E-state index contributed by atoms with van der Waals surface area (Å²) in [6.45, 7) is 4.29. The molecule has 10 nitrogen and oxygen atoms in total. The Morgan fingerprint density at radius 2 is 1.93 bits per heavy atom. The molecule has 1 atom stereocenters. The molecule has 156 valence electrons. The lowest BCUT2D eigenvalue weighted by Gasteiger charge is -2.23. The molecular formula is C19H24N4O6. The van der Waals surface area contributed by atoms with Crippen molar-refractivity contribution in [3.05, 3.63) is 23.8 Å². The minimum absolute atomic E-state index is 0.407. The molecule has 3 rings (SSSR count). The van der Waals surface area contributed by atoms with Crippen LogP contribution in [0, 0.1) is 0 Å². The van der Waals surface area contributed by atoms with Crippen LogP contribution in [-0.4, -0.2) is 55.1 Å². The van der Waals surface area contributed by atoms with E-state index in [1.165, 1.54) is 0 Å². The number of carbonyl (C=O) groups excluding carboxylic acids is 4. The van der Waals surface area contributed by atoms with Crippen molar-refractivity contribution in [1.29, 1.82) is 0 Å². The first kappa shape index (κ1) is 20.4. The Morgan fingerprint density at radius 1 is 1.21 bits per heavy atom. The summed E-state index contributed by atoms with van der Waals surface area (Å²) < 4.78 is 11.2. The normalized spacial score (nSPS) is 20.7. The standard InChI is InChI=1S/C19H24N4O6/c1-3-7-20-17(26)21-15(24)11-23-16(25)19(2,22-18(23)27)12-5-6-13-14(10-12)29-9-4-8-28-13/h5-6,10H,3-4,7-9,11H2,1-2H3,(H,22,27)(H2,20,21,24,26)/t19-/m1/s1. The van der Waals surface area contributed by atoms with Gasteiger partial charge in [0.2, 0.25) is 5.91 Å². The zero-order valence-electron chi connectivity index (χ0n) is 16.4. The highest BCUT2D eigenvalue weighted by molar-refractivity contribution is 6.10. The maximum absolute atomic E-state index is 13.0. The van der Waals surface area contributed by atoms with Crippen molar-refractivity contribution in [2.24, 2.45) is 0 Å². The van der Waals surface area contributed by atoms with Crippen LogP contribution in [0.2, 0.25) is 0 Å². The summed E-state index contributed by atoms with van der Waals surface area (Å²) in [6, 6.07) is 3.63. The highest BCUT2D eigenvalue weighted by Gasteiger charge is 2.49. The Kier molecular flexibility index (Phi) is 5.90. The Balaban J connectivity index is 1.73. The maximum Gasteiger partial charge on any atom is 0.325 e. The predicted octanol–water partition coefficient (Wildman–Crippen LogP) is 0.851. The molecule has 6 amide bonds. The Bertz CT molecular complexity index is 842. The summed E-state index contributed by atoms with van der Waals surface area (Å²) in [5.41, 5.74) is -0.865. The van der Waals surface area contributed by atoms with Crippen molar-refractivity contribution in [3.8, 4) is 11.5 Å². The molecule has 3 N–H and O–H groups in total. The molecule has 1 fully saturated rings. The van der Waals surface area contributed by atoms with Crippen molar-refractivity contribution >= 4 is 23.9 Å². The van der Waals surface area contributed by atoms with Crippen LogP contribution in [0.5, 0.6) is 11.5 Å². The van der Waals surface area contributed by atoms with Crippen LogP contribution in [0.1, 0.15) is 32.3 Å². The van der Waals surface area contributed by atoms with Crippen molar-refractivity contribution in [1.82, 2.24) is 20.9 Å². The van der Waals surface area contributed by atoms with Gasteiger partial charge in [-0.05, 0) is 31.0 Å². The number of hydrogen-bond donors (Lipinski definition) is 3. The number of benzene rings is 1. The van der Waals surface area contributed by atoms with Gasteiger partial charge in [-0.1, -0.05) is 13.0 Å². The zero-order valence-corrected chi connectivity index (χ0v) is 16.4. The summed E-state index contributed by atoms with van der Waals surface area (Å²) in [7, 11) is 0. The molecule has 1 saturated heterocycles. The van der Waals surface area contributed by atoms with E-state index in [2.05, 4.69) is 16.0 Å². The van der Waals surface area contributed by atoms with E-state index >= 15 is 0 Å². The van der Waals surface area contributed by atoms with Crippen LogP contribution in [0.15, 0.2) is 18.2 Å². The summed E-state index contributed by atoms with van der Waals surface area (Å²) >= 11 is 0. The third-order valence-corrected chi connectivity index (χ3v) is 4.69. The molecule has 2 heterocycles. The molecule has 10 heteroatoms. The van der Waals surface area contributed by atoms with Gasteiger partial charge in [-0.15, -0.1) is 0 Å². The fourth-order valence-electron chi connectivity index (χ4n) is 3.10. The summed E-state index contributed by atoms with van der Waals surface area (Å²) in [5.74, 6) is -0.292. The first-order valence-electron chi connectivity index (χ1n) is 9.47. The van der Waals surface area contributed by atoms with Crippen LogP contribution in [0.25, 0.3) is 0 Å². The van der Waals surface area contributed by atoms with Crippen LogP contribution in [-0.2, 0) is 15.1 Å². The van der Waals surface area contributed by atoms with Gasteiger partial charge in [-0.3, -0.25) is 19.8 Å². The number of nitrogens with one attached hydrogen (secondary N) is 3.